The van der Waals surface area contributed by atoms with E-state index in [0.717, 1.165) is 17.1 Å². The summed E-state index contributed by atoms with van der Waals surface area (Å²) in [4.78, 5) is 5.50. The minimum absolute atomic E-state index is 0.115. The van der Waals surface area contributed by atoms with Crippen molar-refractivity contribution in [3.05, 3.63) is 51.2 Å². The van der Waals surface area contributed by atoms with E-state index in [1.165, 1.54) is 4.88 Å². The van der Waals surface area contributed by atoms with Gasteiger partial charge in [0.25, 0.3) is 0 Å². The van der Waals surface area contributed by atoms with Crippen LogP contribution in [0.1, 0.15) is 34.0 Å². The minimum Gasteiger partial charge on any atom is -0.304 e. The van der Waals surface area contributed by atoms with Gasteiger partial charge >= 0.3 is 0 Å². The van der Waals surface area contributed by atoms with E-state index in [9.17, 15) is 4.39 Å². The summed E-state index contributed by atoms with van der Waals surface area (Å²) < 4.78 is 13.5. The maximum atomic E-state index is 13.5. The van der Waals surface area contributed by atoms with E-state index in [0.29, 0.717) is 5.56 Å². The number of rotatable bonds is 4. The molecule has 1 atom stereocenters. The molecule has 0 aliphatic carbocycles. The summed E-state index contributed by atoms with van der Waals surface area (Å²) in [5.74, 6) is -0.147. The molecular formula is C14H17FN2S. The lowest BCUT2D eigenvalue weighted by Crippen LogP contribution is -2.18. The Balaban J connectivity index is 1.99. The van der Waals surface area contributed by atoms with Gasteiger partial charge in [0.15, 0.2) is 0 Å². The summed E-state index contributed by atoms with van der Waals surface area (Å²) in [6, 6.07) is 5.49. The summed E-state index contributed by atoms with van der Waals surface area (Å²) in [6.45, 7) is 6.56. The van der Waals surface area contributed by atoms with Crippen molar-refractivity contribution in [1.82, 2.24) is 10.3 Å². The Morgan fingerprint density at radius 2 is 2.17 bits per heavy atom. The molecule has 0 spiro atoms. The van der Waals surface area contributed by atoms with Crippen LogP contribution in [0.4, 0.5) is 4.39 Å². The Hall–Kier alpha value is -1.26. The van der Waals surface area contributed by atoms with E-state index in [1.54, 1.807) is 24.3 Å². The fourth-order valence-corrected chi connectivity index (χ4v) is 2.46. The number of hydrogen-bond acceptors (Lipinski definition) is 3. The Bertz CT molecular complexity index is 536. The predicted molar refractivity (Wildman–Crippen MR) is 73.2 cm³/mol. The summed E-state index contributed by atoms with van der Waals surface area (Å²) in [5.41, 5.74) is 1.65. The van der Waals surface area contributed by atoms with Crippen LogP contribution < -0.4 is 5.32 Å². The minimum atomic E-state index is -0.147. The van der Waals surface area contributed by atoms with E-state index in [4.69, 9.17) is 0 Å². The van der Waals surface area contributed by atoms with Gasteiger partial charge in [-0.05, 0) is 38.0 Å². The molecule has 1 aromatic heterocycles. The molecule has 4 heteroatoms. The SMILES string of the molecule is Cc1cnc(CNC(C)c2ccc(C)c(F)c2)s1. The molecule has 1 N–H and O–H groups in total. The van der Waals surface area contributed by atoms with Crippen LogP contribution in [0.5, 0.6) is 0 Å². The highest BCUT2D eigenvalue weighted by Gasteiger charge is 2.08. The normalized spacial score (nSPS) is 12.7. The molecule has 96 valence electrons. The number of aryl methyl sites for hydroxylation is 2. The first-order valence-corrected chi connectivity index (χ1v) is 6.78. The zero-order chi connectivity index (χ0) is 13.1. The quantitative estimate of drug-likeness (QED) is 0.909. The predicted octanol–water partition coefficient (Wildman–Crippen LogP) is 3.75. The smallest absolute Gasteiger partial charge is 0.126 e. The second-order valence-electron chi connectivity index (χ2n) is 4.48. The van der Waals surface area contributed by atoms with E-state index in [2.05, 4.69) is 10.3 Å². The molecule has 2 rings (SSSR count). The average Bonchev–Trinajstić information content (AvgIpc) is 2.75. The van der Waals surface area contributed by atoms with Crippen LogP contribution >= 0.6 is 11.3 Å². The first-order valence-electron chi connectivity index (χ1n) is 5.97. The molecule has 0 amide bonds. The van der Waals surface area contributed by atoms with Gasteiger partial charge in [0, 0.05) is 23.7 Å². The van der Waals surface area contributed by atoms with Gasteiger partial charge in [-0.3, -0.25) is 0 Å². The van der Waals surface area contributed by atoms with Crippen molar-refractivity contribution in [2.24, 2.45) is 0 Å². The van der Waals surface area contributed by atoms with Crippen molar-refractivity contribution in [2.75, 3.05) is 0 Å². The summed E-state index contributed by atoms with van der Waals surface area (Å²) in [6.07, 6.45) is 1.87. The molecule has 2 nitrogen and oxygen atoms in total. The lowest BCUT2D eigenvalue weighted by atomic mass is 10.1. The molecule has 1 aromatic carbocycles. The molecule has 0 fully saturated rings. The highest BCUT2D eigenvalue weighted by atomic mass is 32.1. The van der Waals surface area contributed by atoms with Crippen LogP contribution in [-0.4, -0.2) is 4.98 Å². The van der Waals surface area contributed by atoms with E-state index < -0.39 is 0 Å². The largest absolute Gasteiger partial charge is 0.304 e. The molecule has 0 saturated carbocycles. The van der Waals surface area contributed by atoms with Crippen LogP contribution in [-0.2, 0) is 6.54 Å². The van der Waals surface area contributed by atoms with Gasteiger partial charge in [-0.1, -0.05) is 12.1 Å². The van der Waals surface area contributed by atoms with Crippen molar-refractivity contribution in [3.8, 4) is 0 Å². The number of aromatic nitrogens is 1. The molecule has 0 aliphatic heterocycles. The maximum absolute atomic E-state index is 13.5. The molecule has 0 aliphatic rings. The van der Waals surface area contributed by atoms with Gasteiger partial charge in [0.1, 0.15) is 10.8 Å². The number of nitrogens with zero attached hydrogens (tertiary/aromatic N) is 1. The second kappa shape index (κ2) is 5.59. The summed E-state index contributed by atoms with van der Waals surface area (Å²) in [7, 11) is 0. The highest BCUT2D eigenvalue weighted by molar-refractivity contribution is 7.11. The van der Waals surface area contributed by atoms with Crippen LogP contribution in [0.25, 0.3) is 0 Å². The number of hydrogen-bond donors (Lipinski definition) is 1. The van der Waals surface area contributed by atoms with Crippen molar-refractivity contribution in [3.63, 3.8) is 0 Å². The number of nitrogens with one attached hydrogen (secondary N) is 1. The molecule has 0 saturated heterocycles. The number of benzene rings is 1. The van der Waals surface area contributed by atoms with Crippen molar-refractivity contribution >= 4 is 11.3 Å². The monoisotopic (exact) mass is 264 g/mol. The van der Waals surface area contributed by atoms with Crippen molar-refractivity contribution < 1.29 is 4.39 Å². The van der Waals surface area contributed by atoms with Gasteiger partial charge in [0.05, 0.1) is 0 Å². The van der Waals surface area contributed by atoms with Gasteiger partial charge in [-0.2, -0.15) is 0 Å². The highest BCUT2D eigenvalue weighted by Crippen LogP contribution is 2.18. The lowest BCUT2D eigenvalue weighted by Gasteiger charge is -2.13. The number of thiazole rings is 1. The Kier molecular flexibility index (Phi) is 4.09. The molecule has 0 bridgehead atoms. The van der Waals surface area contributed by atoms with Crippen LogP contribution in [0.15, 0.2) is 24.4 Å². The lowest BCUT2D eigenvalue weighted by molar-refractivity contribution is 0.562. The van der Waals surface area contributed by atoms with Crippen LogP contribution in [0.3, 0.4) is 0 Å². The molecule has 1 unspecified atom stereocenters. The van der Waals surface area contributed by atoms with Gasteiger partial charge in [0.2, 0.25) is 0 Å². The fourth-order valence-electron chi connectivity index (χ4n) is 1.72. The molecular weight excluding hydrogens is 247 g/mol. The van der Waals surface area contributed by atoms with Gasteiger partial charge < -0.3 is 5.32 Å². The fraction of sp³-hybridized carbons (Fsp3) is 0.357. The zero-order valence-corrected chi connectivity index (χ0v) is 11.6. The molecule has 1 heterocycles. The third-order valence-corrected chi connectivity index (χ3v) is 3.84. The van der Waals surface area contributed by atoms with Gasteiger partial charge in [-0.15, -0.1) is 11.3 Å². The van der Waals surface area contributed by atoms with E-state index >= 15 is 0 Å². The molecule has 0 radical (unpaired) electrons. The van der Waals surface area contributed by atoms with Gasteiger partial charge in [-0.25, -0.2) is 9.37 Å². The second-order valence-corrected chi connectivity index (χ2v) is 5.80. The Morgan fingerprint density at radius 3 is 2.78 bits per heavy atom. The van der Waals surface area contributed by atoms with E-state index in [-0.39, 0.29) is 11.9 Å². The zero-order valence-electron chi connectivity index (χ0n) is 10.8. The third kappa shape index (κ3) is 3.15. The first-order chi connectivity index (χ1) is 8.56. The summed E-state index contributed by atoms with van der Waals surface area (Å²) in [5, 5.41) is 4.42. The van der Waals surface area contributed by atoms with Crippen LogP contribution in [0, 0.1) is 19.7 Å². The molecule has 2 aromatic rings. The Morgan fingerprint density at radius 1 is 1.39 bits per heavy atom. The van der Waals surface area contributed by atoms with E-state index in [1.807, 2.05) is 32.2 Å². The third-order valence-electron chi connectivity index (χ3n) is 2.92. The Labute approximate surface area is 111 Å². The first kappa shape index (κ1) is 13.2. The molecule has 18 heavy (non-hydrogen) atoms. The number of halogens is 1. The van der Waals surface area contributed by atoms with Crippen molar-refractivity contribution in [1.29, 1.82) is 0 Å². The summed E-state index contributed by atoms with van der Waals surface area (Å²) >= 11 is 1.68. The average molecular weight is 264 g/mol. The van der Waals surface area contributed by atoms with Crippen molar-refractivity contribution in [2.45, 2.75) is 33.4 Å². The standard InChI is InChI=1S/C14H17FN2S/c1-9-4-5-12(6-13(9)15)11(3)16-8-14-17-7-10(2)18-14/h4-7,11,16H,8H2,1-3H3. The van der Waals surface area contributed by atoms with Crippen LogP contribution in [0.2, 0.25) is 0 Å². The maximum Gasteiger partial charge on any atom is 0.126 e. The topological polar surface area (TPSA) is 24.9 Å².